The van der Waals surface area contributed by atoms with Gasteiger partial charge in [-0.25, -0.2) is 0 Å². The summed E-state index contributed by atoms with van der Waals surface area (Å²) in [6, 6.07) is 25.1. The van der Waals surface area contributed by atoms with Crippen molar-refractivity contribution < 1.29 is 0 Å². The molecule has 4 heterocycles. The van der Waals surface area contributed by atoms with Gasteiger partial charge < -0.3 is 9.47 Å². The Kier molecular flexibility index (Phi) is 4.73. The molecule has 4 nitrogen and oxygen atoms in total. The maximum absolute atomic E-state index is 4.49. The number of aromatic nitrogens is 2. The molecule has 2 aliphatic rings. The molecule has 0 N–H and O–H groups in total. The van der Waals surface area contributed by atoms with E-state index in [1.807, 2.05) is 12.3 Å². The second kappa shape index (κ2) is 7.86. The van der Waals surface area contributed by atoms with Crippen LogP contribution in [-0.2, 0) is 13.1 Å². The molecule has 156 valence electrons. The lowest BCUT2D eigenvalue weighted by Gasteiger charge is -2.42. The first-order valence-electron chi connectivity index (χ1n) is 11.4. The van der Waals surface area contributed by atoms with Crippen molar-refractivity contribution in [2.24, 2.45) is 0 Å². The van der Waals surface area contributed by atoms with E-state index in [9.17, 15) is 0 Å². The van der Waals surface area contributed by atoms with Gasteiger partial charge in [0, 0.05) is 66.8 Å². The topological polar surface area (TPSA) is 24.3 Å². The summed E-state index contributed by atoms with van der Waals surface area (Å²) in [6.07, 6.45) is 9.05. The summed E-state index contributed by atoms with van der Waals surface area (Å²) in [7, 11) is 0. The Labute approximate surface area is 183 Å². The fourth-order valence-electron chi connectivity index (χ4n) is 5.49. The average Bonchev–Trinajstić information content (AvgIpc) is 3.30. The normalized spacial score (nSPS) is 21.1. The molecule has 4 heteroatoms. The SMILES string of the molecule is c1ccc(CN2C3CCC2CN(c2cccc4cn(Cc5ccccn5)cc24)C3)cc1. The van der Waals surface area contributed by atoms with Crippen molar-refractivity contribution in [2.45, 2.75) is 38.0 Å². The van der Waals surface area contributed by atoms with Gasteiger partial charge in [0.2, 0.25) is 0 Å². The molecule has 0 aliphatic carbocycles. The summed E-state index contributed by atoms with van der Waals surface area (Å²) < 4.78 is 2.27. The van der Waals surface area contributed by atoms with Gasteiger partial charge in [-0.2, -0.15) is 0 Å². The number of pyridine rings is 1. The number of fused-ring (bicyclic) bond motifs is 3. The number of piperazine rings is 1. The summed E-state index contributed by atoms with van der Waals surface area (Å²) in [5.74, 6) is 0. The molecule has 31 heavy (non-hydrogen) atoms. The van der Waals surface area contributed by atoms with E-state index in [4.69, 9.17) is 0 Å². The lowest BCUT2D eigenvalue weighted by molar-refractivity contribution is 0.161. The first-order valence-corrected chi connectivity index (χ1v) is 11.4. The van der Waals surface area contributed by atoms with Crippen molar-refractivity contribution in [1.82, 2.24) is 14.5 Å². The van der Waals surface area contributed by atoms with Crippen molar-refractivity contribution in [3.63, 3.8) is 0 Å². The molecule has 2 fully saturated rings. The number of nitrogens with zero attached hydrogens (tertiary/aromatic N) is 4. The van der Waals surface area contributed by atoms with Crippen molar-refractivity contribution in [3.8, 4) is 0 Å². The monoisotopic (exact) mass is 408 g/mol. The number of benzene rings is 2. The van der Waals surface area contributed by atoms with E-state index in [0.29, 0.717) is 12.1 Å². The second-order valence-corrected chi connectivity index (χ2v) is 8.98. The van der Waals surface area contributed by atoms with Gasteiger partial charge in [0.25, 0.3) is 0 Å². The largest absolute Gasteiger partial charge is 0.368 e. The van der Waals surface area contributed by atoms with Crippen LogP contribution in [0.2, 0.25) is 0 Å². The highest BCUT2D eigenvalue weighted by atomic mass is 15.3. The van der Waals surface area contributed by atoms with Gasteiger partial charge >= 0.3 is 0 Å². The lowest BCUT2D eigenvalue weighted by Crippen LogP contribution is -2.53. The Balaban J connectivity index is 1.24. The minimum Gasteiger partial charge on any atom is -0.368 e. The molecule has 2 aromatic heterocycles. The van der Waals surface area contributed by atoms with Gasteiger partial charge in [0.05, 0.1) is 12.2 Å². The Bertz CT molecular complexity index is 1150. The van der Waals surface area contributed by atoms with Gasteiger partial charge in [0.15, 0.2) is 0 Å². The van der Waals surface area contributed by atoms with Crippen LogP contribution in [-0.4, -0.2) is 39.6 Å². The minimum absolute atomic E-state index is 0.643. The zero-order valence-corrected chi connectivity index (χ0v) is 17.8. The van der Waals surface area contributed by atoms with E-state index < -0.39 is 0 Å². The highest BCUT2D eigenvalue weighted by molar-refractivity contribution is 5.94. The van der Waals surface area contributed by atoms with E-state index in [2.05, 4.69) is 92.4 Å². The van der Waals surface area contributed by atoms with Crippen molar-refractivity contribution in [2.75, 3.05) is 18.0 Å². The van der Waals surface area contributed by atoms with Gasteiger partial charge in [-0.15, -0.1) is 0 Å². The zero-order valence-electron chi connectivity index (χ0n) is 17.8. The molecule has 0 spiro atoms. The number of rotatable bonds is 5. The van der Waals surface area contributed by atoms with Crippen LogP contribution >= 0.6 is 0 Å². The highest BCUT2D eigenvalue weighted by Crippen LogP contribution is 2.36. The quantitative estimate of drug-likeness (QED) is 0.468. The fourth-order valence-corrected chi connectivity index (χ4v) is 5.49. The highest BCUT2D eigenvalue weighted by Gasteiger charge is 2.40. The van der Waals surface area contributed by atoms with E-state index in [0.717, 1.165) is 31.9 Å². The van der Waals surface area contributed by atoms with Crippen LogP contribution in [0.25, 0.3) is 10.8 Å². The maximum atomic E-state index is 4.49. The third-order valence-electron chi connectivity index (χ3n) is 6.97. The summed E-state index contributed by atoms with van der Waals surface area (Å²) in [5, 5.41) is 2.67. The second-order valence-electron chi connectivity index (χ2n) is 8.98. The van der Waals surface area contributed by atoms with Crippen molar-refractivity contribution in [1.29, 1.82) is 0 Å². The van der Waals surface area contributed by atoms with Crippen molar-refractivity contribution in [3.05, 3.63) is 96.6 Å². The molecule has 2 aliphatic heterocycles. The predicted molar refractivity (Wildman–Crippen MR) is 126 cm³/mol. The molecule has 4 aromatic rings. The van der Waals surface area contributed by atoms with E-state index in [1.165, 1.54) is 34.9 Å². The van der Waals surface area contributed by atoms with E-state index >= 15 is 0 Å². The van der Waals surface area contributed by atoms with Crippen molar-refractivity contribution >= 4 is 16.5 Å². The number of anilines is 1. The standard InChI is InChI=1S/C27H28N4/c1-2-7-21(8-3-1)15-31-24-12-13-25(31)19-30(18-24)27-11-6-9-22-16-29(20-26(22)27)17-23-10-4-5-14-28-23/h1-11,14,16,20,24-25H,12-13,15,17-19H2. The Morgan fingerprint density at radius 1 is 0.774 bits per heavy atom. The van der Waals surface area contributed by atoms with E-state index in [1.54, 1.807) is 0 Å². The summed E-state index contributed by atoms with van der Waals surface area (Å²) in [5.41, 5.74) is 3.91. The number of hydrogen-bond donors (Lipinski definition) is 0. The first kappa shape index (κ1) is 18.6. The fraction of sp³-hybridized carbons (Fsp3) is 0.296. The molecule has 0 saturated carbocycles. The molecule has 2 atom stereocenters. The first-order chi connectivity index (χ1) is 15.3. The zero-order chi connectivity index (χ0) is 20.6. The summed E-state index contributed by atoms with van der Waals surface area (Å²) in [6.45, 7) is 4.13. The lowest BCUT2D eigenvalue weighted by atomic mass is 10.1. The molecule has 0 amide bonds. The van der Waals surface area contributed by atoms with Gasteiger partial charge in [-0.1, -0.05) is 48.5 Å². The Morgan fingerprint density at radius 2 is 1.58 bits per heavy atom. The van der Waals surface area contributed by atoms with Gasteiger partial charge in [-0.05, 0) is 36.6 Å². The molecule has 6 rings (SSSR count). The maximum Gasteiger partial charge on any atom is 0.0643 e. The molecular formula is C27H28N4. The smallest absolute Gasteiger partial charge is 0.0643 e. The van der Waals surface area contributed by atoms with Crippen LogP contribution in [0.3, 0.4) is 0 Å². The third kappa shape index (κ3) is 3.61. The predicted octanol–water partition coefficient (Wildman–Crippen LogP) is 4.94. The van der Waals surface area contributed by atoms with Crippen LogP contribution in [0.5, 0.6) is 0 Å². The Hall–Kier alpha value is -3.11. The molecular weight excluding hydrogens is 380 g/mol. The molecule has 2 bridgehead atoms. The van der Waals surface area contributed by atoms with Crippen LogP contribution < -0.4 is 4.90 Å². The Morgan fingerprint density at radius 3 is 2.35 bits per heavy atom. The van der Waals surface area contributed by atoms with E-state index in [-0.39, 0.29) is 0 Å². The average molecular weight is 409 g/mol. The molecule has 2 saturated heterocycles. The van der Waals surface area contributed by atoms with Crippen LogP contribution in [0.1, 0.15) is 24.1 Å². The van der Waals surface area contributed by atoms with Gasteiger partial charge in [0.1, 0.15) is 0 Å². The summed E-state index contributed by atoms with van der Waals surface area (Å²) in [4.78, 5) is 9.87. The molecule has 2 aromatic carbocycles. The molecule has 2 unspecified atom stereocenters. The number of hydrogen-bond acceptors (Lipinski definition) is 3. The molecule has 0 radical (unpaired) electrons. The third-order valence-corrected chi connectivity index (χ3v) is 6.97. The van der Waals surface area contributed by atoms with Crippen LogP contribution in [0.4, 0.5) is 5.69 Å². The van der Waals surface area contributed by atoms with Gasteiger partial charge in [-0.3, -0.25) is 9.88 Å². The minimum atomic E-state index is 0.643. The van der Waals surface area contributed by atoms with Crippen LogP contribution in [0.15, 0.2) is 85.3 Å². The van der Waals surface area contributed by atoms with Crippen LogP contribution in [0, 0.1) is 0 Å². The summed E-state index contributed by atoms with van der Waals surface area (Å²) >= 11 is 0.